The number of aliphatic imine (C=N–C) groups is 1. The Balaban J connectivity index is 0.000000905. The lowest BCUT2D eigenvalue weighted by Gasteiger charge is -2.34. The highest BCUT2D eigenvalue weighted by atomic mass is 16.6. The summed E-state index contributed by atoms with van der Waals surface area (Å²) in [4.78, 5) is 50.3. The molecule has 12 nitrogen and oxygen atoms in total. The zero-order chi connectivity index (χ0) is 27.1. The Hall–Kier alpha value is -3.96. The van der Waals surface area contributed by atoms with Crippen molar-refractivity contribution >= 4 is 29.5 Å². The molecular formula is C23H33N5O7. The lowest BCUT2D eigenvalue weighted by Crippen LogP contribution is -2.48. The molecule has 1 heterocycles. The number of nitro benzene ring substituents is 1. The maximum atomic E-state index is 12.5. The third-order valence-corrected chi connectivity index (χ3v) is 4.77. The van der Waals surface area contributed by atoms with Gasteiger partial charge in [0.1, 0.15) is 11.4 Å². The van der Waals surface area contributed by atoms with Gasteiger partial charge >= 0.3 is 12.1 Å². The highest BCUT2D eigenvalue weighted by Gasteiger charge is 2.44. The largest absolute Gasteiger partial charge is 0.466 e. The van der Waals surface area contributed by atoms with Crippen LogP contribution in [0.15, 0.2) is 40.5 Å². The first-order valence-corrected chi connectivity index (χ1v) is 10.8. The third-order valence-electron chi connectivity index (χ3n) is 4.77. The van der Waals surface area contributed by atoms with Crippen LogP contribution in [0.2, 0.25) is 0 Å². The number of hydrogen-bond acceptors (Lipinski definition) is 8. The van der Waals surface area contributed by atoms with E-state index in [9.17, 15) is 24.5 Å². The average Bonchev–Trinajstić information content (AvgIpc) is 2.96. The molecule has 1 aromatic rings. The first-order valence-electron chi connectivity index (χ1n) is 10.8. The second-order valence-electron chi connectivity index (χ2n) is 9.05. The van der Waals surface area contributed by atoms with Crippen LogP contribution in [0.25, 0.3) is 0 Å². The number of ether oxygens (including phenoxy) is 2. The van der Waals surface area contributed by atoms with Crippen LogP contribution in [0.1, 0.15) is 58.8 Å². The molecule has 0 radical (unpaired) electrons. The summed E-state index contributed by atoms with van der Waals surface area (Å²) >= 11 is 0. The van der Waals surface area contributed by atoms with E-state index in [1.165, 1.54) is 30.0 Å². The van der Waals surface area contributed by atoms with Gasteiger partial charge in [0.2, 0.25) is 0 Å². The van der Waals surface area contributed by atoms with Crippen LogP contribution in [0.5, 0.6) is 0 Å². The van der Waals surface area contributed by atoms with Gasteiger partial charge in [-0.25, -0.2) is 4.79 Å². The van der Waals surface area contributed by atoms with Gasteiger partial charge in [-0.15, -0.1) is 0 Å². The summed E-state index contributed by atoms with van der Waals surface area (Å²) in [6.07, 6.45) is -0.571. The molecule has 0 atom stereocenters. The Bertz CT molecular complexity index is 1050. The van der Waals surface area contributed by atoms with Gasteiger partial charge in [0.15, 0.2) is 0 Å². The van der Waals surface area contributed by atoms with Crippen molar-refractivity contribution in [1.82, 2.24) is 4.90 Å². The number of benzene rings is 1. The fourth-order valence-corrected chi connectivity index (χ4v) is 2.98. The smallest absolute Gasteiger partial charge is 0.411 e. The summed E-state index contributed by atoms with van der Waals surface area (Å²) < 4.78 is 9.82. The third kappa shape index (κ3) is 8.09. The number of carbonyl (C=O) groups is 3. The Morgan fingerprint density at radius 3 is 2.31 bits per heavy atom. The molecule has 192 valence electrons. The van der Waals surface area contributed by atoms with E-state index in [-0.39, 0.29) is 35.3 Å². The first-order chi connectivity index (χ1) is 16.0. The number of amides is 2. The number of non-ortho nitro benzene ring substituents is 1. The van der Waals surface area contributed by atoms with Gasteiger partial charge in [0.05, 0.1) is 23.6 Å². The minimum absolute atomic E-state index is 0.0163. The number of esters is 1. The van der Waals surface area contributed by atoms with Crippen molar-refractivity contribution in [3.63, 3.8) is 0 Å². The number of amidine groups is 1. The summed E-state index contributed by atoms with van der Waals surface area (Å²) in [5.41, 5.74) is 11.0. The van der Waals surface area contributed by atoms with Crippen molar-refractivity contribution in [2.24, 2.45) is 16.5 Å². The summed E-state index contributed by atoms with van der Waals surface area (Å²) in [5.74, 6) is -1.12. The highest BCUT2D eigenvalue weighted by molar-refractivity contribution is 6.09. The molecule has 0 saturated carbocycles. The molecular weight excluding hydrogens is 458 g/mol. The Morgan fingerprint density at radius 2 is 1.86 bits per heavy atom. The molecule has 0 spiro atoms. The highest BCUT2D eigenvalue weighted by Crippen LogP contribution is 2.32. The molecule has 0 bridgehead atoms. The van der Waals surface area contributed by atoms with Gasteiger partial charge in [0, 0.05) is 35.9 Å². The maximum Gasteiger partial charge on any atom is 0.411 e. The summed E-state index contributed by atoms with van der Waals surface area (Å²) in [6.45, 7) is 12.4. The quantitative estimate of drug-likeness (QED) is 0.210. The molecule has 0 fully saturated rings. The molecule has 1 aliphatic heterocycles. The van der Waals surface area contributed by atoms with Gasteiger partial charge in [-0.2, -0.15) is 4.99 Å². The van der Waals surface area contributed by atoms with Crippen molar-refractivity contribution in [2.75, 3.05) is 13.2 Å². The van der Waals surface area contributed by atoms with Crippen LogP contribution in [0, 0.1) is 10.1 Å². The second kappa shape index (κ2) is 11.4. The summed E-state index contributed by atoms with van der Waals surface area (Å²) in [7, 11) is 0. The molecule has 0 aliphatic carbocycles. The maximum absolute atomic E-state index is 12.5. The molecule has 0 unspecified atom stereocenters. The Labute approximate surface area is 204 Å². The van der Waals surface area contributed by atoms with Crippen molar-refractivity contribution in [3.05, 3.63) is 51.2 Å². The standard InChI is InChI=1S/C19H25N5O5.C4H8O2/c1-18(2,3)29-17(26)23-10-13(14(20)19(23,4)5)15(21)22-16(25)11-7-6-8-12(9-11)24(27)28;1-3-6-4(2)5/h6-9H,10,20H2,1-5H3,(H2,21,22,25);3H2,1-2H3. The van der Waals surface area contributed by atoms with Crippen molar-refractivity contribution < 1.29 is 28.8 Å². The van der Waals surface area contributed by atoms with Crippen molar-refractivity contribution in [2.45, 2.75) is 59.6 Å². The minimum atomic E-state index is -0.896. The topological polar surface area (TPSA) is 180 Å². The summed E-state index contributed by atoms with van der Waals surface area (Å²) in [6, 6.07) is 5.16. The van der Waals surface area contributed by atoms with Gasteiger partial charge in [-0.3, -0.25) is 24.6 Å². The van der Waals surface area contributed by atoms with Crippen LogP contribution in [-0.4, -0.2) is 57.9 Å². The van der Waals surface area contributed by atoms with E-state index in [2.05, 4.69) is 9.73 Å². The molecule has 1 aliphatic rings. The molecule has 2 amide bonds. The molecule has 0 aromatic heterocycles. The van der Waals surface area contributed by atoms with Crippen LogP contribution < -0.4 is 11.5 Å². The van der Waals surface area contributed by atoms with Crippen molar-refractivity contribution in [3.8, 4) is 0 Å². The van der Waals surface area contributed by atoms with Crippen LogP contribution in [-0.2, 0) is 14.3 Å². The molecule has 0 saturated heterocycles. The lowest BCUT2D eigenvalue weighted by atomic mass is 10.0. The van der Waals surface area contributed by atoms with Gasteiger partial charge in [-0.1, -0.05) is 6.07 Å². The van der Waals surface area contributed by atoms with Crippen LogP contribution in [0.3, 0.4) is 0 Å². The fraction of sp³-hybridized carbons (Fsp3) is 0.478. The zero-order valence-corrected chi connectivity index (χ0v) is 21.1. The zero-order valence-electron chi connectivity index (χ0n) is 21.1. The normalized spacial score (nSPS) is 15.2. The Morgan fingerprint density at radius 1 is 1.26 bits per heavy atom. The summed E-state index contributed by atoms with van der Waals surface area (Å²) in [5, 5.41) is 10.9. The van der Waals surface area contributed by atoms with E-state index in [1.807, 2.05) is 0 Å². The number of carbonyl (C=O) groups excluding carboxylic acids is 3. The number of rotatable bonds is 4. The molecule has 1 aromatic carbocycles. The van der Waals surface area contributed by atoms with Gasteiger partial charge in [-0.05, 0) is 47.6 Å². The van der Waals surface area contributed by atoms with Gasteiger partial charge < -0.3 is 20.9 Å². The number of nitrogens with zero attached hydrogens (tertiary/aromatic N) is 3. The Kier molecular flexibility index (Phi) is 9.51. The molecule has 2 rings (SSSR count). The number of hydrogen-bond donors (Lipinski definition) is 2. The van der Waals surface area contributed by atoms with E-state index >= 15 is 0 Å². The predicted octanol–water partition coefficient (Wildman–Crippen LogP) is 2.90. The van der Waals surface area contributed by atoms with Gasteiger partial charge in [0.25, 0.3) is 11.6 Å². The first kappa shape index (κ1) is 29.1. The molecule has 12 heteroatoms. The van der Waals surface area contributed by atoms with E-state index in [4.69, 9.17) is 16.2 Å². The van der Waals surface area contributed by atoms with E-state index in [0.717, 1.165) is 6.07 Å². The lowest BCUT2D eigenvalue weighted by molar-refractivity contribution is -0.384. The molecule has 35 heavy (non-hydrogen) atoms. The predicted molar refractivity (Wildman–Crippen MR) is 130 cm³/mol. The molecule has 4 N–H and O–H groups in total. The number of nitrogens with two attached hydrogens (primary N) is 2. The van der Waals surface area contributed by atoms with E-state index in [0.29, 0.717) is 12.2 Å². The van der Waals surface area contributed by atoms with Crippen molar-refractivity contribution in [1.29, 1.82) is 0 Å². The second-order valence-corrected chi connectivity index (χ2v) is 9.05. The van der Waals surface area contributed by atoms with E-state index in [1.54, 1.807) is 41.5 Å². The SMILES string of the molecule is CC(C)(C)OC(=O)N1CC(C(N)=NC(=O)c2cccc([N+](=O)[O-])c2)=C(N)C1(C)C.CCOC(C)=O. The van der Waals surface area contributed by atoms with Crippen LogP contribution in [0.4, 0.5) is 10.5 Å². The number of nitro groups is 1. The average molecular weight is 492 g/mol. The van der Waals surface area contributed by atoms with Crippen LogP contribution >= 0.6 is 0 Å². The fourth-order valence-electron chi connectivity index (χ4n) is 2.98. The monoisotopic (exact) mass is 491 g/mol. The van der Waals surface area contributed by atoms with E-state index < -0.39 is 28.1 Å². The minimum Gasteiger partial charge on any atom is -0.466 e.